The number of amides is 1. The molecule has 0 aliphatic heterocycles. The van der Waals surface area contributed by atoms with Crippen molar-refractivity contribution in [2.45, 2.75) is 43.5 Å². The normalized spacial score (nSPS) is 11.6. The molecule has 1 atom stereocenters. The van der Waals surface area contributed by atoms with Crippen LogP contribution < -0.4 is 10.5 Å². The number of aromatic nitrogens is 2. The zero-order valence-electron chi connectivity index (χ0n) is 14.9. The van der Waals surface area contributed by atoms with Crippen LogP contribution in [0.25, 0.3) is 0 Å². The molecule has 136 valence electrons. The van der Waals surface area contributed by atoms with Gasteiger partial charge < -0.3 is 9.88 Å². The number of aryl methyl sites for hydroxylation is 1. The van der Waals surface area contributed by atoms with Crippen molar-refractivity contribution in [3.63, 3.8) is 0 Å². The van der Waals surface area contributed by atoms with E-state index < -0.39 is 5.25 Å². The van der Waals surface area contributed by atoms with Gasteiger partial charge in [0.1, 0.15) is 0 Å². The summed E-state index contributed by atoms with van der Waals surface area (Å²) in [6.07, 6.45) is 1.86. The topological polar surface area (TPSA) is 89.9 Å². The number of rotatable bonds is 8. The summed E-state index contributed by atoms with van der Waals surface area (Å²) in [6.45, 7) is 4.13. The monoisotopic (exact) mass is 370 g/mol. The molecule has 2 rings (SSSR count). The van der Waals surface area contributed by atoms with Gasteiger partial charge in [-0.3, -0.25) is 9.59 Å². The number of carbonyl (C=O) groups is 1. The molecule has 0 fully saturated rings. The fourth-order valence-corrected chi connectivity index (χ4v) is 3.39. The second kappa shape index (κ2) is 9.78. The Morgan fingerprint density at radius 1 is 1.38 bits per heavy atom. The van der Waals surface area contributed by atoms with E-state index in [1.165, 1.54) is 17.8 Å². The van der Waals surface area contributed by atoms with Gasteiger partial charge in [0.2, 0.25) is 5.91 Å². The Balaban J connectivity index is 2.18. The average Bonchev–Trinajstić information content (AvgIpc) is 2.62. The third-order valence-corrected chi connectivity index (χ3v) is 4.67. The molecule has 2 aromatic rings. The maximum atomic E-state index is 12.9. The summed E-state index contributed by atoms with van der Waals surface area (Å²) < 4.78 is 0. The highest BCUT2D eigenvalue weighted by Crippen LogP contribution is 2.23. The number of H-pyrrole nitrogens is 1. The quantitative estimate of drug-likeness (QED) is 0.569. The number of para-hydroxylation sites is 1. The number of thioether (sulfide) groups is 1. The Labute approximate surface area is 157 Å². The van der Waals surface area contributed by atoms with Crippen molar-refractivity contribution in [3.8, 4) is 6.07 Å². The summed E-state index contributed by atoms with van der Waals surface area (Å²) in [7, 11) is 0. The van der Waals surface area contributed by atoms with Crippen LogP contribution in [0.1, 0.15) is 32.4 Å². The van der Waals surface area contributed by atoms with Crippen LogP contribution in [0.3, 0.4) is 0 Å². The maximum absolute atomic E-state index is 12.9. The molecule has 0 unspecified atom stereocenters. The minimum atomic E-state index is -0.450. The highest BCUT2D eigenvalue weighted by molar-refractivity contribution is 8.00. The van der Waals surface area contributed by atoms with Gasteiger partial charge in [-0.05, 0) is 25.5 Å². The van der Waals surface area contributed by atoms with Crippen LogP contribution in [0.2, 0.25) is 0 Å². The third-order valence-electron chi connectivity index (χ3n) is 3.70. The number of carbonyl (C=O) groups excluding carboxylic acids is 1. The summed E-state index contributed by atoms with van der Waals surface area (Å²) in [4.78, 5) is 33.4. The van der Waals surface area contributed by atoms with Gasteiger partial charge in [-0.2, -0.15) is 5.26 Å². The molecule has 7 heteroatoms. The zero-order chi connectivity index (χ0) is 18.9. The molecule has 1 aromatic carbocycles. The minimum Gasteiger partial charge on any atom is -0.310 e. The van der Waals surface area contributed by atoms with E-state index in [9.17, 15) is 9.59 Å². The molecule has 0 saturated heterocycles. The molecule has 0 saturated carbocycles. The average molecular weight is 370 g/mol. The third kappa shape index (κ3) is 5.46. The number of benzene rings is 1. The number of anilines is 1. The Hall–Kier alpha value is -2.59. The molecule has 1 heterocycles. The number of hydrogen-bond donors (Lipinski definition) is 1. The van der Waals surface area contributed by atoms with E-state index in [1.807, 2.05) is 37.3 Å². The fraction of sp³-hybridized carbons (Fsp3) is 0.368. The molecular weight excluding hydrogens is 348 g/mol. The van der Waals surface area contributed by atoms with Crippen LogP contribution in [0.15, 0.2) is 46.3 Å². The van der Waals surface area contributed by atoms with E-state index >= 15 is 0 Å². The number of hydrogen-bond acceptors (Lipinski definition) is 5. The van der Waals surface area contributed by atoms with Crippen molar-refractivity contribution in [3.05, 3.63) is 52.4 Å². The first-order valence-corrected chi connectivity index (χ1v) is 9.43. The van der Waals surface area contributed by atoms with Gasteiger partial charge in [0, 0.05) is 24.0 Å². The highest BCUT2D eigenvalue weighted by atomic mass is 32.2. The van der Waals surface area contributed by atoms with Crippen molar-refractivity contribution < 1.29 is 4.79 Å². The number of nitrogens with one attached hydrogen (secondary N) is 1. The van der Waals surface area contributed by atoms with E-state index in [0.29, 0.717) is 11.7 Å². The van der Waals surface area contributed by atoms with E-state index in [1.54, 1.807) is 11.8 Å². The predicted octanol–water partition coefficient (Wildman–Crippen LogP) is 3.15. The molecular formula is C19H22N4O2S. The lowest BCUT2D eigenvalue weighted by molar-refractivity contribution is -0.117. The van der Waals surface area contributed by atoms with Gasteiger partial charge in [0.25, 0.3) is 5.56 Å². The lowest BCUT2D eigenvalue weighted by Crippen LogP contribution is -2.37. The standard InChI is InChI=1S/C19H22N4O2S/c1-3-8-15-13-17(24)22-19(21-15)26-14(2)18(25)23(12-7-11-20)16-9-5-4-6-10-16/h4-6,9-10,13-14H,3,7-8,12H2,1-2H3,(H,21,22,24)/t14-/m1/s1. The second-order valence-electron chi connectivity index (χ2n) is 5.79. The van der Waals surface area contributed by atoms with Crippen molar-refractivity contribution in [2.24, 2.45) is 0 Å². The largest absolute Gasteiger partial charge is 0.310 e. The molecule has 26 heavy (non-hydrogen) atoms. The van der Waals surface area contributed by atoms with Gasteiger partial charge in [0.15, 0.2) is 5.16 Å². The predicted molar refractivity (Wildman–Crippen MR) is 103 cm³/mol. The summed E-state index contributed by atoms with van der Waals surface area (Å²) in [5, 5.41) is 8.88. The molecule has 6 nitrogen and oxygen atoms in total. The van der Waals surface area contributed by atoms with Crippen molar-refractivity contribution in [1.29, 1.82) is 5.26 Å². The van der Waals surface area contributed by atoms with Crippen LogP contribution in [0.4, 0.5) is 5.69 Å². The Kier molecular flexibility index (Phi) is 7.42. The summed E-state index contributed by atoms with van der Waals surface area (Å²) >= 11 is 1.22. The molecule has 0 radical (unpaired) electrons. The van der Waals surface area contributed by atoms with Crippen LogP contribution in [0.5, 0.6) is 0 Å². The number of nitriles is 1. The van der Waals surface area contributed by atoms with Crippen molar-refractivity contribution >= 4 is 23.4 Å². The molecule has 0 aliphatic carbocycles. The first-order valence-electron chi connectivity index (χ1n) is 8.55. The molecule has 0 spiro atoms. The summed E-state index contributed by atoms with van der Waals surface area (Å²) in [5.74, 6) is -0.125. The van der Waals surface area contributed by atoms with Crippen LogP contribution in [-0.4, -0.2) is 27.7 Å². The Morgan fingerprint density at radius 2 is 2.12 bits per heavy atom. The first-order chi connectivity index (χ1) is 12.5. The first kappa shape index (κ1) is 19.7. The van der Waals surface area contributed by atoms with E-state index in [4.69, 9.17) is 5.26 Å². The van der Waals surface area contributed by atoms with Crippen LogP contribution in [0, 0.1) is 11.3 Å². The van der Waals surface area contributed by atoms with Gasteiger partial charge in [-0.1, -0.05) is 43.3 Å². The number of nitrogens with zero attached hydrogens (tertiary/aromatic N) is 3. The van der Waals surface area contributed by atoms with E-state index in [2.05, 4.69) is 16.0 Å². The molecule has 1 N–H and O–H groups in total. The molecule has 1 amide bonds. The SMILES string of the molecule is CCCc1cc(=O)[nH]c(S[C@H](C)C(=O)N(CCC#N)c2ccccc2)n1. The lowest BCUT2D eigenvalue weighted by Gasteiger charge is -2.24. The van der Waals surface area contributed by atoms with Crippen molar-refractivity contribution in [2.75, 3.05) is 11.4 Å². The fourth-order valence-electron chi connectivity index (χ4n) is 2.50. The lowest BCUT2D eigenvalue weighted by atomic mass is 10.2. The molecule has 0 aliphatic rings. The Morgan fingerprint density at radius 3 is 2.77 bits per heavy atom. The minimum absolute atomic E-state index is 0.125. The Bertz CT molecular complexity index is 829. The highest BCUT2D eigenvalue weighted by Gasteiger charge is 2.23. The summed E-state index contributed by atoms with van der Waals surface area (Å²) in [5.41, 5.74) is 1.26. The zero-order valence-corrected chi connectivity index (χ0v) is 15.8. The van der Waals surface area contributed by atoms with Crippen LogP contribution in [-0.2, 0) is 11.2 Å². The smallest absolute Gasteiger partial charge is 0.251 e. The van der Waals surface area contributed by atoms with E-state index in [-0.39, 0.29) is 17.9 Å². The molecule has 1 aromatic heterocycles. The molecule has 0 bridgehead atoms. The maximum Gasteiger partial charge on any atom is 0.251 e. The van der Waals surface area contributed by atoms with Crippen molar-refractivity contribution in [1.82, 2.24) is 9.97 Å². The van der Waals surface area contributed by atoms with E-state index in [0.717, 1.165) is 24.2 Å². The second-order valence-corrected chi connectivity index (χ2v) is 7.12. The van der Waals surface area contributed by atoms with Gasteiger partial charge in [0.05, 0.1) is 17.7 Å². The van der Waals surface area contributed by atoms with Gasteiger partial charge in [-0.15, -0.1) is 0 Å². The number of aromatic amines is 1. The van der Waals surface area contributed by atoms with Gasteiger partial charge >= 0.3 is 0 Å². The van der Waals surface area contributed by atoms with Gasteiger partial charge in [-0.25, -0.2) is 4.98 Å². The van der Waals surface area contributed by atoms with Crippen LogP contribution >= 0.6 is 11.8 Å². The summed E-state index contributed by atoms with van der Waals surface area (Å²) in [6, 6.07) is 12.8.